The molecule has 3 nitrogen and oxygen atoms in total. The Morgan fingerprint density at radius 2 is 2.04 bits per heavy atom. The molecule has 0 unspecified atom stereocenters. The van der Waals surface area contributed by atoms with Crippen molar-refractivity contribution in [3.05, 3.63) is 23.8 Å². The fourth-order valence-corrected chi connectivity index (χ4v) is 7.51. The van der Waals surface area contributed by atoms with Crippen LogP contribution in [-0.2, 0) is 9.59 Å². The minimum Gasteiger partial charge on any atom is -0.396 e. The van der Waals surface area contributed by atoms with E-state index in [0.717, 1.165) is 32.1 Å². The van der Waals surface area contributed by atoms with Crippen LogP contribution in [-0.4, -0.2) is 23.3 Å². The Bertz CT molecular complexity index is 690. The summed E-state index contributed by atoms with van der Waals surface area (Å²) in [5.74, 6) is 2.75. The summed E-state index contributed by atoms with van der Waals surface area (Å²) in [5.41, 5.74) is 1.43. The maximum atomic E-state index is 12.8. The smallest absolute Gasteiger partial charge is 0.178 e. The largest absolute Gasteiger partial charge is 0.396 e. The molecule has 4 aliphatic rings. The van der Waals surface area contributed by atoms with Crippen molar-refractivity contribution in [2.45, 2.75) is 59.3 Å². The monoisotopic (exact) mass is 356 g/mol. The molecule has 3 saturated carbocycles. The van der Waals surface area contributed by atoms with E-state index in [-0.39, 0.29) is 34.9 Å². The lowest BCUT2D eigenvalue weighted by atomic mass is 9.47. The summed E-state index contributed by atoms with van der Waals surface area (Å²) in [6.45, 7) is 6.90. The number of carbonyl (C=O) groups excluding carboxylic acids is 2. The minimum atomic E-state index is -0.0279. The number of ketones is 2. The number of Topliss-reactive ketones (excluding diaryl/α,β-unsaturated/α-hetero) is 1. The Balaban J connectivity index is 1.66. The van der Waals surface area contributed by atoms with E-state index in [0.29, 0.717) is 30.1 Å². The van der Waals surface area contributed by atoms with E-state index in [9.17, 15) is 14.7 Å². The van der Waals surface area contributed by atoms with Gasteiger partial charge in [-0.3, -0.25) is 9.59 Å². The normalized spacial score (nSPS) is 47.0. The molecule has 142 valence electrons. The number of carbonyl (C=O) groups is 2. The first kappa shape index (κ1) is 18.2. The number of fused-ring (bicyclic) bond motifs is 5. The standard InChI is InChI=1S/C23H32O3/c1-14-12-19-17-5-4-15-13-16(25)6-9-22(15,2)18(17)7-10-23(19,3)21(14)20(26)8-11-24/h6,9,13-14,17-19,21,24H,4-5,7-8,10-12H2,1-3H3/t14-,17-,18+,19+,21+,22+,23+/m1/s1. The molecule has 0 amide bonds. The Morgan fingerprint density at radius 3 is 2.77 bits per heavy atom. The van der Waals surface area contributed by atoms with E-state index in [1.807, 2.05) is 6.08 Å². The lowest BCUT2D eigenvalue weighted by molar-refractivity contribution is -0.131. The first-order valence-corrected chi connectivity index (χ1v) is 10.4. The van der Waals surface area contributed by atoms with Crippen LogP contribution in [0.3, 0.4) is 0 Å². The van der Waals surface area contributed by atoms with E-state index in [1.54, 1.807) is 6.08 Å². The van der Waals surface area contributed by atoms with Gasteiger partial charge in [0.2, 0.25) is 0 Å². The van der Waals surface area contributed by atoms with Crippen LogP contribution in [0.1, 0.15) is 59.3 Å². The topological polar surface area (TPSA) is 54.4 Å². The molecule has 0 aromatic heterocycles. The van der Waals surface area contributed by atoms with Crippen molar-refractivity contribution in [1.29, 1.82) is 0 Å². The predicted octanol–water partition coefficient (Wildman–Crippen LogP) is 4.11. The van der Waals surface area contributed by atoms with E-state index in [2.05, 4.69) is 26.8 Å². The highest BCUT2D eigenvalue weighted by Gasteiger charge is 2.61. The van der Waals surface area contributed by atoms with E-state index >= 15 is 0 Å². The van der Waals surface area contributed by atoms with Gasteiger partial charge in [0.25, 0.3) is 0 Å². The third kappa shape index (κ3) is 2.42. The van der Waals surface area contributed by atoms with Crippen molar-refractivity contribution in [3.63, 3.8) is 0 Å². The molecule has 0 aromatic carbocycles. The van der Waals surface area contributed by atoms with Gasteiger partial charge < -0.3 is 5.11 Å². The van der Waals surface area contributed by atoms with Crippen molar-refractivity contribution in [3.8, 4) is 0 Å². The molecule has 7 atom stereocenters. The van der Waals surface area contributed by atoms with Gasteiger partial charge in [-0.2, -0.15) is 0 Å². The highest BCUT2D eigenvalue weighted by Crippen LogP contribution is 2.67. The molecule has 0 aromatic rings. The van der Waals surface area contributed by atoms with Crippen molar-refractivity contribution in [2.24, 2.45) is 40.4 Å². The molecule has 0 bridgehead atoms. The van der Waals surface area contributed by atoms with Gasteiger partial charge in [0.1, 0.15) is 5.78 Å². The molecular formula is C23H32O3. The molecule has 1 N–H and O–H groups in total. The third-order valence-corrected chi connectivity index (χ3v) is 8.60. The lowest BCUT2D eigenvalue weighted by Crippen LogP contribution is -2.50. The van der Waals surface area contributed by atoms with Crippen LogP contribution in [0.25, 0.3) is 0 Å². The number of hydrogen-bond donors (Lipinski definition) is 1. The van der Waals surface area contributed by atoms with Crippen LogP contribution in [0.4, 0.5) is 0 Å². The second-order valence-corrected chi connectivity index (χ2v) is 9.78. The minimum absolute atomic E-state index is 0.0224. The Kier molecular flexibility index (Phi) is 4.30. The van der Waals surface area contributed by atoms with Crippen molar-refractivity contribution >= 4 is 11.6 Å². The molecular weight excluding hydrogens is 324 g/mol. The SMILES string of the molecule is C[C@@H]1C[C@H]2[C@@H]3CCC4=CC(=O)C=C[C@]4(C)[C@H]3CC[C@]2(C)[C@@H]1C(=O)CCO. The predicted molar refractivity (Wildman–Crippen MR) is 101 cm³/mol. The quantitative estimate of drug-likeness (QED) is 0.828. The number of hydrogen-bond acceptors (Lipinski definition) is 3. The zero-order valence-corrected chi connectivity index (χ0v) is 16.3. The van der Waals surface area contributed by atoms with Crippen molar-refractivity contribution < 1.29 is 14.7 Å². The summed E-state index contributed by atoms with van der Waals surface area (Å²) in [7, 11) is 0. The van der Waals surface area contributed by atoms with E-state index in [1.165, 1.54) is 5.57 Å². The Hall–Kier alpha value is -1.22. The summed E-state index contributed by atoms with van der Waals surface area (Å²) in [6.07, 6.45) is 11.7. The molecule has 26 heavy (non-hydrogen) atoms. The van der Waals surface area contributed by atoms with Gasteiger partial charge >= 0.3 is 0 Å². The molecule has 4 rings (SSSR count). The number of aliphatic hydroxyl groups is 1. The highest BCUT2D eigenvalue weighted by atomic mass is 16.3. The van der Waals surface area contributed by atoms with Crippen LogP contribution in [0, 0.1) is 40.4 Å². The van der Waals surface area contributed by atoms with E-state index < -0.39 is 0 Å². The highest BCUT2D eigenvalue weighted by molar-refractivity contribution is 6.01. The maximum Gasteiger partial charge on any atom is 0.178 e. The molecule has 0 aliphatic heterocycles. The summed E-state index contributed by atoms with van der Waals surface area (Å²) in [4.78, 5) is 24.6. The average Bonchev–Trinajstić information content (AvgIpc) is 2.86. The Labute approximate surface area is 156 Å². The second-order valence-electron chi connectivity index (χ2n) is 9.78. The molecule has 3 heteroatoms. The fraction of sp³-hybridized carbons (Fsp3) is 0.739. The lowest BCUT2D eigenvalue weighted by Gasteiger charge is -2.57. The molecule has 0 heterocycles. The maximum absolute atomic E-state index is 12.8. The van der Waals surface area contributed by atoms with Crippen LogP contribution in [0.2, 0.25) is 0 Å². The summed E-state index contributed by atoms with van der Waals surface area (Å²) >= 11 is 0. The van der Waals surface area contributed by atoms with Gasteiger partial charge in [-0.1, -0.05) is 32.4 Å². The van der Waals surface area contributed by atoms with Gasteiger partial charge in [0, 0.05) is 24.4 Å². The molecule has 4 aliphatic carbocycles. The number of aliphatic hydroxyl groups excluding tert-OH is 1. The second kappa shape index (κ2) is 6.15. The van der Waals surface area contributed by atoms with E-state index in [4.69, 9.17) is 0 Å². The van der Waals surface area contributed by atoms with Crippen molar-refractivity contribution in [1.82, 2.24) is 0 Å². The first-order valence-electron chi connectivity index (χ1n) is 10.4. The van der Waals surface area contributed by atoms with Crippen LogP contribution in [0.15, 0.2) is 23.8 Å². The molecule has 0 spiro atoms. The zero-order valence-electron chi connectivity index (χ0n) is 16.3. The fourth-order valence-electron chi connectivity index (χ4n) is 7.51. The number of rotatable bonds is 3. The van der Waals surface area contributed by atoms with Crippen LogP contribution in [0.5, 0.6) is 0 Å². The molecule has 0 radical (unpaired) electrons. The van der Waals surface area contributed by atoms with Crippen molar-refractivity contribution in [2.75, 3.05) is 6.61 Å². The summed E-state index contributed by atoms with van der Waals surface area (Å²) < 4.78 is 0. The summed E-state index contributed by atoms with van der Waals surface area (Å²) in [5, 5.41) is 9.27. The van der Waals surface area contributed by atoms with Gasteiger partial charge in [0.05, 0.1) is 0 Å². The number of allylic oxidation sites excluding steroid dienone is 4. The third-order valence-electron chi connectivity index (χ3n) is 8.60. The van der Waals surface area contributed by atoms with Gasteiger partial charge in [-0.25, -0.2) is 0 Å². The van der Waals surface area contributed by atoms with Crippen LogP contribution >= 0.6 is 0 Å². The Morgan fingerprint density at radius 1 is 1.27 bits per heavy atom. The first-order chi connectivity index (χ1) is 12.3. The zero-order chi connectivity index (χ0) is 18.7. The van der Waals surface area contributed by atoms with Gasteiger partial charge in [-0.05, 0) is 73.3 Å². The molecule has 0 saturated heterocycles. The van der Waals surface area contributed by atoms with Gasteiger partial charge in [0.15, 0.2) is 5.78 Å². The van der Waals surface area contributed by atoms with Gasteiger partial charge in [-0.15, -0.1) is 0 Å². The average molecular weight is 357 g/mol. The van der Waals surface area contributed by atoms with Crippen LogP contribution < -0.4 is 0 Å². The molecule has 3 fully saturated rings. The summed E-state index contributed by atoms with van der Waals surface area (Å²) in [6, 6.07) is 0.